The average molecular weight is 362 g/mol. The van der Waals surface area contributed by atoms with Crippen LogP contribution in [-0.2, 0) is 9.59 Å². The molecule has 0 fully saturated rings. The van der Waals surface area contributed by atoms with Crippen molar-refractivity contribution in [1.82, 2.24) is 5.32 Å². The molecule has 0 spiro atoms. The Morgan fingerprint density at radius 3 is 2.05 bits per heavy atom. The highest BCUT2D eigenvalue weighted by Crippen LogP contribution is 2.45. The summed E-state index contributed by atoms with van der Waals surface area (Å²) >= 11 is 3.32. The van der Waals surface area contributed by atoms with Crippen LogP contribution in [0, 0.1) is 0 Å². The maximum absolute atomic E-state index is 12.5. The summed E-state index contributed by atoms with van der Waals surface area (Å²) < 4.78 is 6.36. The van der Waals surface area contributed by atoms with Crippen LogP contribution in [0.2, 0.25) is 0 Å². The molecule has 0 unspecified atom stereocenters. The van der Waals surface area contributed by atoms with Gasteiger partial charge in [-0.25, -0.2) is 0 Å². The Morgan fingerprint density at radius 1 is 0.955 bits per heavy atom. The molecule has 1 aliphatic heterocycles. The van der Waals surface area contributed by atoms with Crippen LogP contribution in [0.5, 0.6) is 0 Å². The molecule has 2 aliphatic carbocycles. The smallest absolute Gasteiger partial charge is 0.169 e. The fourth-order valence-corrected chi connectivity index (χ4v) is 4.07. The Labute approximate surface area is 136 Å². The highest BCUT2D eigenvalue weighted by molar-refractivity contribution is 9.10. The quantitative estimate of drug-likeness (QED) is 0.827. The maximum Gasteiger partial charge on any atom is 0.169 e. The minimum Gasteiger partial charge on any atom is -0.453 e. The van der Waals surface area contributed by atoms with Crippen molar-refractivity contribution in [2.75, 3.05) is 0 Å². The number of hydrogen-bond donors (Lipinski definition) is 1. The molecule has 5 heteroatoms. The first-order valence-corrected chi connectivity index (χ1v) is 8.49. The zero-order chi connectivity index (χ0) is 15.3. The van der Waals surface area contributed by atoms with Gasteiger partial charge in [0.25, 0.3) is 0 Å². The predicted molar refractivity (Wildman–Crippen MR) is 84.1 cm³/mol. The number of dihydropyridines is 1. The van der Waals surface area contributed by atoms with Crippen LogP contribution >= 0.6 is 15.9 Å². The van der Waals surface area contributed by atoms with Crippen molar-refractivity contribution >= 4 is 27.5 Å². The summed E-state index contributed by atoms with van der Waals surface area (Å²) in [5, 5.41) is 3.39. The lowest BCUT2D eigenvalue weighted by Gasteiger charge is -2.36. The summed E-state index contributed by atoms with van der Waals surface area (Å²) in [6.07, 6.45) is 4.58. The third-order valence-corrected chi connectivity index (χ3v) is 5.10. The standard InChI is InChI=1S/C17H16BrNO3/c18-14-8-7-13(22-14)17-15-9(3-1-5-11(15)20)19-10-4-2-6-12(21)16(10)17/h7-8,17,19H,1-6H2. The first-order chi connectivity index (χ1) is 10.6. The number of rotatable bonds is 1. The van der Waals surface area contributed by atoms with E-state index in [9.17, 15) is 9.59 Å². The van der Waals surface area contributed by atoms with E-state index in [0.717, 1.165) is 48.2 Å². The van der Waals surface area contributed by atoms with Gasteiger partial charge in [-0.3, -0.25) is 9.59 Å². The lowest BCUT2D eigenvalue weighted by atomic mass is 9.73. The van der Waals surface area contributed by atoms with Crippen LogP contribution in [0.25, 0.3) is 0 Å². The van der Waals surface area contributed by atoms with Gasteiger partial charge in [0.1, 0.15) is 5.76 Å². The summed E-state index contributed by atoms with van der Waals surface area (Å²) in [4.78, 5) is 25.0. The molecule has 0 saturated heterocycles. The summed E-state index contributed by atoms with van der Waals surface area (Å²) in [5.74, 6) is 0.615. The lowest BCUT2D eigenvalue weighted by Crippen LogP contribution is -2.36. The normalized spacial score (nSPS) is 22.6. The molecule has 0 radical (unpaired) electrons. The molecule has 2 heterocycles. The highest BCUT2D eigenvalue weighted by Gasteiger charge is 2.41. The van der Waals surface area contributed by atoms with Crippen LogP contribution in [0.1, 0.15) is 50.2 Å². The van der Waals surface area contributed by atoms with E-state index in [-0.39, 0.29) is 17.5 Å². The second-order valence-electron chi connectivity index (χ2n) is 6.04. The minimum absolute atomic E-state index is 0.135. The van der Waals surface area contributed by atoms with E-state index in [4.69, 9.17) is 4.42 Å². The SMILES string of the molecule is O=C1CCCC2=C1C(c1ccc(Br)o1)C1=C(CCCC1=O)N2. The summed E-state index contributed by atoms with van der Waals surface area (Å²) in [7, 11) is 0. The van der Waals surface area contributed by atoms with E-state index in [1.807, 2.05) is 12.1 Å². The number of furan rings is 1. The van der Waals surface area contributed by atoms with Gasteiger partial charge in [0.2, 0.25) is 0 Å². The van der Waals surface area contributed by atoms with E-state index in [2.05, 4.69) is 21.2 Å². The molecule has 1 aromatic rings. The van der Waals surface area contributed by atoms with Crippen molar-refractivity contribution in [3.8, 4) is 0 Å². The van der Waals surface area contributed by atoms with Gasteiger partial charge in [0.15, 0.2) is 16.2 Å². The van der Waals surface area contributed by atoms with E-state index < -0.39 is 0 Å². The van der Waals surface area contributed by atoms with Gasteiger partial charge in [0, 0.05) is 35.4 Å². The average Bonchev–Trinajstić information content (AvgIpc) is 2.92. The molecule has 0 aromatic carbocycles. The third-order valence-electron chi connectivity index (χ3n) is 4.67. The van der Waals surface area contributed by atoms with E-state index in [1.54, 1.807) is 0 Å². The fraction of sp³-hybridized carbons (Fsp3) is 0.412. The van der Waals surface area contributed by atoms with Crippen molar-refractivity contribution < 1.29 is 14.0 Å². The molecule has 4 nitrogen and oxygen atoms in total. The van der Waals surface area contributed by atoms with E-state index >= 15 is 0 Å². The monoisotopic (exact) mass is 361 g/mol. The molecule has 114 valence electrons. The third kappa shape index (κ3) is 2.10. The summed E-state index contributed by atoms with van der Waals surface area (Å²) in [6, 6.07) is 3.68. The summed E-state index contributed by atoms with van der Waals surface area (Å²) in [6.45, 7) is 0. The number of Topliss-reactive ketones (excluding diaryl/α,β-unsaturated/α-hetero) is 2. The molecule has 22 heavy (non-hydrogen) atoms. The molecule has 4 rings (SSSR count). The molecule has 0 atom stereocenters. The van der Waals surface area contributed by atoms with Crippen LogP contribution in [0.15, 0.2) is 43.8 Å². The number of carbonyl (C=O) groups is 2. The first-order valence-electron chi connectivity index (χ1n) is 7.70. The maximum atomic E-state index is 12.5. The zero-order valence-corrected chi connectivity index (χ0v) is 13.7. The zero-order valence-electron chi connectivity index (χ0n) is 12.1. The molecule has 3 aliphatic rings. The molecule has 0 amide bonds. The summed E-state index contributed by atoms with van der Waals surface area (Å²) in [5.41, 5.74) is 3.45. The number of halogens is 1. The van der Waals surface area contributed by atoms with Crippen molar-refractivity contribution in [3.05, 3.63) is 45.1 Å². The number of nitrogens with one attached hydrogen (secondary N) is 1. The number of hydrogen-bond acceptors (Lipinski definition) is 4. The van der Waals surface area contributed by atoms with Crippen LogP contribution in [0.3, 0.4) is 0 Å². The first kappa shape index (κ1) is 14.0. The van der Waals surface area contributed by atoms with Crippen LogP contribution < -0.4 is 5.32 Å². The Bertz CT molecular complexity index is 699. The Balaban J connectivity index is 1.91. The van der Waals surface area contributed by atoms with Gasteiger partial charge in [-0.15, -0.1) is 0 Å². The molecule has 1 N–H and O–H groups in total. The number of carbonyl (C=O) groups excluding carboxylic acids is 2. The van der Waals surface area contributed by atoms with Crippen LogP contribution in [-0.4, -0.2) is 11.6 Å². The number of allylic oxidation sites excluding steroid dienone is 4. The van der Waals surface area contributed by atoms with Gasteiger partial charge in [-0.2, -0.15) is 0 Å². The predicted octanol–water partition coefficient (Wildman–Crippen LogP) is 3.74. The minimum atomic E-state index is -0.335. The second kappa shape index (κ2) is 5.23. The van der Waals surface area contributed by atoms with Gasteiger partial charge >= 0.3 is 0 Å². The molecule has 0 saturated carbocycles. The topological polar surface area (TPSA) is 59.3 Å². The number of ketones is 2. The molecule has 1 aromatic heterocycles. The van der Waals surface area contributed by atoms with Gasteiger partial charge in [-0.05, 0) is 53.7 Å². The van der Waals surface area contributed by atoms with Gasteiger partial charge in [0.05, 0.1) is 5.92 Å². The van der Waals surface area contributed by atoms with Gasteiger partial charge in [-0.1, -0.05) is 0 Å². The van der Waals surface area contributed by atoms with E-state index in [0.29, 0.717) is 23.3 Å². The lowest BCUT2D eigenvalue weighted by molar-refractivity contribution is -0.117. The van der Waals surface area contributed by atoms with Crippen molar-refractivity contribution in [3.63, 3.8) is 0 Å². The van der Waals surface area contributed by atoms with E-state index in [1.165, 1.54) is 0 Å². The highest BCUT2D eigenvalue weighted by atomic mass is 79.9. The van der Waals surface area contributed by atoms with Gasteiger partial charge < -0.3 is 9.73 Å². The Hall–Kier alpha value is -1.62. The van der Waals surface area contributed by atoms with Crippen molar-refractivity contribution in [1.29, 1.82) is 0 Å². The van der Waals surface area contributed by atoms with Crippen LogP contribution in [0.4, 0.5) is 0 Å². The fourth-order valence-electron chi connectivity index (χ4n) is 3.75. The Morgan fingerprint density at radius 2 is 1.55 bits per heavy atom. The second-order valence-corrected chi connectivity index (χ2v) is 6.82. The molecular formula is C17H16BrNO3. The molecule has 0 bridgehead atoms. The van der Waals surface area contributed by atoms with Crippen molar-refractivity contribution in [2.24, 2.45) is 0 Å². The molecular weight excluding hydrogens is 346 g/mol. The Kier molecular flexibility index (Phi) is 3.33. The van der Waals surface area contributed by atoms with Crippen molar-refractivity contribution in [2.45, 2.75) is 44.4 Å². The largest absolute Gasteiger partial charge is 0.453 e.